The van der Waals surface area contributed by atoms with E-state index in [1.807, 2.05) is 0 Å². The molecule has 0 aliphatic carbocycles. The standard InChI is InChI=1S/C18H22N2/c1-14-6-7-15(2)18(12-14)16-4-3-5-17(13-16)20-10-8-19-9-11-20/h3-7,12-13,19H,8-11H2,1-2H3. The highest BCUT2D eigenvalue weighted by Crippen LogP contribution is 2.28. The average Bonchev–Trinajstić information content (AvgIpc) is 2.51. The Balaban J connectivity index is 1.96. The van der Waals surface area contributed by atoms with Crippen molar-refractivity contribution < 1.29 is 0 Å². The minimum atomic E-state index is 1.08. The second-order valence-corrected chi connectivity index (χ2v) is 5.61. The summed E-state index contributed by atoms with van der Waals surface area (Å²) in [5, 5.41) is 3.41. The maximum absolute atomic E-state index is 3.41. The van der Waals surface area contributed by atoms with Crippen LogP contribution in [0.25, 0.3) is 11.1 Å². The molecule has 1 N–H and O–H groups in total. The Kier molecular flexibility index (Phi) is 3.75. The Morgan fingerprint density at radius 2 is 1.75 bits per heavy atom. The van der Waals surface area contributed by atoms with Gasteiger partial charge in [0, 0.05) is 31.9 Å². The molecule has 2 heteroatoms. The maximum atomic E-state index is 3.41. The highest BCUT2D eigenvalue weighted by atomic mass is 15.2. The predicted octanol–water partition coefficient (Wildman–Crippen LogP) is 3.38. The summed E-state index contributed by atoms with van der Waals surface area (Å²) >= 11 is 0. The average molecular weight is 266 g/mol. The highest BCUT2D eigenvalue weighted by molar-refractivity contribution is 5.71. The number of aryl methyl sites for hydroxylation is 2. The van der Waals surface area contributed by atoms with Gasteiger partial charge in [-0.3, -0.25) is 0 Å². The molecule has 0 saturated carbocycles. The van der Waals surface area contributed by atoms with Gasteiger partial charge in [0.05, 0.1) is 0 Å². The van der Waals surface area contributed by atoms with Crippen molar-refractivity contribution in [2.45, 2.75) is 13.8 Å². The van der Waals surface area contributed by atoms with Crippen LogP contribution in [0.3, 0.4) is 0 Å². The van der Waals surface area contributed by atoms with Gasteiger partial charge in [-0.25, -0.2) is 0 Å². The van der Waals surface area contributed by atoms with Crippen LogP contribution in [0, 0.1) is 13.8 Å². The first kappa shape index (κ1) is 13.2. The van der Waals surface area contributed by atoms with Gasteiger partial charge < -0.3 is 10.2 Å². The van der Waals surface area contributed by atoms with E-state index in [4.69, 9.17) is 0 Å². The van der Waals surface area contributed by atoms with E-state index in [1.54, 1.807) is 0 Å². The van der Waals surface area contributed by atoms with Crippen molar-refractivity contribution in [3.05, 3.63) is 53.6 Å². The van der Waals surface area contributed by atoms with E-state index in [-0.39, 0.29) is 0 Å². The molecule has 2 aromatic carbocycles. The minimum absolute atomic E-state index is 1.08. The molecule has 1 heterocycles. The van der Waals surface area contributed by atoms with E-state index >= 15 is 0 Å². The molecule has 3 rings (SSSR count). The Bertz CT molecular complexity index is 598. The zero-order valence-electron chi connectivity index (χ0n) is 12.3. The Labute approximate surface area is 121 Å². The largest absolute Gasteiger partial charge is 0.369 e. The van der Waals surface area contributed by atoms with Crippen molar-refractivity contribution in [2.24, 2.45) is 0 Å². The smallest absolute Gasteiger partial charge is 0.0373 e. The number of benzene rings is 2. The third-order valence-electron chi connectivity index (χ3n) is 4.03. The van der Waals surface area contributed by atoms with Crippen molar-refractivity contribution in [1.82, 2.24) is 5.32 Å². The summed E-state index contributed by atoms with van der Waals surface area (Å²) in [6.45, 7) is 8.68. The lowest BCUT2D eigenvalue weighted by atomic mass is 9.98. The molecule has 20 heavy (non-hydrogen) atoms. The molecular formula is C18H22N2. The van der Waals surface area contributed by atoms with Crippen LogP contribution in [-0.2, 0) is 0 Å². The second-order valence-electron chi connectivity index (χ2n) is 5.61. The van der Waals surface area contributed by atoms with E-state index in [9.17, 15) is 0 Å². The monoisotopic (exact) mass is 266 g/mol. The Morgan fingerprint density at radius 1 is 0.950 bits per heavy atom. The van der Waals surface area contributed by atoms with Crippen LogP contribution in [0.1, 0.15) is 11.1 Å². The highest BCUT2D eigenvalue weighted by Gasteiger charge is 2.11. The van der Waals surface area contributed by atoms with E-state index in [0.717, 1.165) is 26.2 Å². The zero-order chi connectivity index (χ0) is 13.9. The summed E-state index contributed by atoms with van der Waals surface area (Å²) in [5.41, 5.74) is 6.67. The topological polar surface area (TPSA) is 15.3 Å². The molecule has 0 atom stereocenters. The third-order valence-corrected chi connectivity index (χ3v) is 4.03. The van der Waals surface area contributed by atoms with Crippen LogP contribution >= 0.6 is 0 Å². The van der Waals surface area contributed by atoms with Crippen molar-refractivity contribution in [3.63, 3.8) is 0 Å². The molecule has 1 aliphatic rings. The van der Waals surface area contributed by atoms with Crippen LogP contribution in [0.4, 0.5) is 5.69 Å². The molecule has 104 valence electrons. The third kappa shape index (κ3) is 2.70. The van der Waals surface area contributed by atoms with Gasteiger partial charge in [-0.15, -0.1) is 0 Å². The van der Waals surface area contributed by atoms with Crippen molar-refractivity contribution in [1.29, 1.82) is 0 Å². The number of hydrogen-bond donors (Lipinski definition) is 1. The summed E-state index contributed by atoms with van der Waals surface area (Å²) < 4.78 is 0. The van der Waals surface area contributed by atoms with Gasteiger partial charge in [0.15, 0.2) is 0 Å². The zero-order valence-corrected chi connectivity index (χ0v) is 12.3. The van der Waals surface area contributed by atoms with Gasteiger partial charge in [-0.2, -0.15) is 0 Å². The van der Waals surface area contributed by atoms with E-state index in [2.05, 4.69) is 66.5 Å². The summed E-state index contributed by atoms with van der Waals surface area (Å²) in [7, 11) is 0. The van der Waals surface area contributed by atoms with E-state index in [0.29, 0.717) is 0 Å². The molecule has 2 aromatic rings. The van der Waals surface area contributed by atoms with E-state index in [1.165, 1.54) is 27.9 Å². The SMILES string of the molecule is Cc1ccc(C)c(-c2cccc(N3CCNCC3)c2)c1. The first-order valence-corrected chi connectivity index (χ1v) is 7.37. The fourth-order valence-electron chi connectivity index (χ4n) is 2.84. The number of nitrogens with zero attached hydrogens (tertiary/aromatic N) is 1. The first-order chi connectivity index (χ1) is 9.74. The molecule has 0 amide bonds. The van der Waals surface area contributed by atoms with Crippen LogP contribution in [0.15, 0.2) is 42.5 Å². The molecule has 1 fully saturated rings. The molecule has 1 saturated heterocycles. The van der Waals surface area contributed by atoms with Gasteiger partial charge >= 0.3 is 0 Å². The van der Waals surface area contributed by atoms with E-state index < -0.39 is 0 Å². The molecule has 0 aromatic heterocycles. The van der Waals surface area contributed by atoms with Crippen molar-refractivity contribution >= 4 is 5.69 Å². The molecular weight excluding hydrogens is 244 g/mol. The number of anilines is 1. The summed E-state index contributed by atoms with van der Waals surface area (Å²) in [6, 6.07) is 15.6. The van der Waals surface area contributed by atoms with Gasteiger partial charge in [-0.1, -0.05) is 35.9 Å². The Hall–Kier alpha value is -1.80. The maximum Gasteiger partial charge on any atom is 0.0373 e. The normalized spacial score (nSPS) is 15.4. The number of piperazine rings is 1. The van der Waals surface area contributed by atoms with Gasteiger partial charge in [0.1, 0.15) is 0 Å². The number of hydrogen-bond acceptors (Lipinski definition) is 2. The lowest BCUT2D eigenvalue weighted by Crippen LogP contribution is -2.43. The van der Waals surface area contributed by atoms with Crippen molar-refractivity contribution in [2.75, 3.05) is 31.1 Å². The van der Waals surface area contributed by atoms with Crippen LogP contribution in [0.5, 0.6) is 0 Å². The lowest BCUT2D eigenvalue weighted by molar-refractivity contribution is 0.589. The van der Waals surface area contributed by atoms with Gasteiger partial charge in [0.25, 0.3) is 0 Å². The molecule has 0 radical (unpaired) electrons. The summed E-state index contributed by atoms with van der Waals surface area (Å²) in [5.74, 6) is 0. The summed E-state index contributed by atoms with van der Waals surface area (Å²) in [6.07, 6.45) is 0. The quantitative estimate of drug-likeness (QED) is 0.896. The Morgan fingerprint density at radius 3 is 2.55 bits per heavy atom. The lowest BCUT2D eigenvalue weighted by Gasteiger charge is -2.29. The molecule has 1 aliphatic heterocycles. The summed E-state index contributed by atoms with van der Waals surface area (Å²) in [4.78, 5) is 2.46. The number of nitrogens with one attached hydrogen (secondary N) is 1. The first-order valence-electron chi connectivity index (χ1n) is 7.37. The molecule has 0 unspecified atom stereocenters. The van der Waals surface area contributed by atoms with Gasteiger partial charge in [-0.05, 0) is 42.7 Å². The van der Waals surface area contributed by atoms with Crippen LogP contribution < -0.4 is 10.2 Å². The fourth-order valence-corrected chi connectivity index (χ4v) is 2.84. The number of rotatable bonds is 2. The molecule has 0 spiro atoms. The second kappa shape index (κ2) is 5.68. The van der Waals surface area contributed by atoms with Crippen LogP contribution in [-0.4, -0.2) is 26.2 Å². The van der Waals surface area contributed by atoms with Crippen LogP contribution in [0.2, 0.25) is 0 Å². The fraction of sp³-hybridized carbons (Fsp3) is 0.333. The minimum Gasteiger partial charge on any atom is -0.369 e. The van der Waals surface area contributed by atoms with Gasteiger partial charge in [0.2, 0.25) is 0 Å². The molecule has 2 nitrogen and oxygen atoms in total. The molecule has 0 bridgehead atoms. The predicted molar refractivity (Wildman–Crippen MR) is 86.4 cm³/mol. The van der Waals surface area contributed by atoms with Crippen molar-refractivity contribution in [3.8, 4) is 11.1 Å².